The van der Waals surface area contributed by atoms with E-state index >= 15 is 0 Å². The fourth-order valence-corrected chi connectivity index (χ4v) is 4.38. The summed E-state index contributed by atoms with van der Waals surface area (Å²) in [5, 5.41) is 0. The summed E-state index contributed by atoms with van der Waals surface area (Å²) in [6, 6.07) is 13.2. The predicted octanol–water partition coefficient (Wildman–Crippen LogP) is 3.50. The second kappa shape index (κ2) is 9.64. The number of rotatable bonds is 10. The Morgan fingerprint density at radius 1 is 1.10 bits per heavy atom. The molecule has 166 valence electrons. The minimum atomic E-state index is -3.49. The highest BCUT2D eigenvalue weighted by atomic mass is 32.2. The van der Waals surface area contributed by atoms with Crippen molar-refractivity contribution in [2.45, 2.75) is 31.5 Å². The molecule has 1 aromatic heterocycles. The van der Waals surface area contributed by atoms with Gasteiger partial charge in [0.25, 0.3) is 0 Å². The van der Waals surface area contributed by atoms with Crippen LogP contribution >= 0.6 is 0 Å². The van der Waals surface area contributed by atoms with E-state index in [1.54, 1.807) is 18.2 Å². The third-order valence-electron chi connectivity index (χ3n) is 5.05. The number of hydrogen-bond donors (Lipinski definition) is 0. The molecular weight excluding hydrogens is 412 g/mol. The summed E-state index contributed by atoms with van der Waals surface area (Å²) in [6.07, 6.45) is 1.72. The van der Waals surface area contributed by atoms with E-state index < -0.39 is 10.0 Å². The van der Waals surface area contributed by atoms with Crippen molar-refractivity contribution in [3.05, 3.63) is 66.5 Å². The van der Waals surface area contributed by atoms with Gasteiger partial charge in [-0.05, 0) is 49.9 Å². The van der Waals surface area contributed by atoms with Crippen molar-refractivity contribution >= 4 is 21.1 Å². The molecule has 0 spiro atoms. The van der Waals surface area contributed by atoms with Gasteiger partial charge in [-0.2, -0.15) is 0 Å². The van der Waals surface area contributed by atoms with E-state index in [-0.39, 0.29) is 4.90 Å². The zero-order valence-electron chi connectivity index (χ0n) is 18.6. The average molecular weight is 443 g/mol. The van der Waals surface area contributed by atoms with Gasteiger partial charge in [0.05, 0.1) is 22.5 Å². The van der Waals surface area contributed by atoms with Crippen LogP contribution < -0.4 is 4.74 Å². The van der Waals surface area contributed by atoms with Gasteiger partial charge in [-0.15, -0.1) is 0 Å². The first kappa shape index (κ1) is 23.0. The molecule has 0 saturated carbocycles. The van der Waals surface area contributed by atoms with Crippen molar-refractivity contribution < 1.29 is 13.2 Å². The van der Waals surface area contributed by atoms with Crippen LogP contribution in [-0.2, 0) is 29.7 Å². The lowest BCUT2D eigenvalue weighted by Crippen LogP contribution is -2.22. The van der Waals surface area contributed by atoms with Gasteiger partial charge < -0.3 is 9.30 Å². The summed E-state index contributed by atoms with van der Waals surface area (Å²) < 4.78 is 33.8. The molecule has 0 atom stereocenters. The van der Waals surface area contributed by atoms with E-state index in [9.17, 15) is 8.42 Å². The Balaban J connectivity index is 1.79. The summed E-state index contributed by atoms with van der Waals surface area (Å²) in [4.78, 5) is 7.19. The van der Waals surface area contributed by atoms with E-state index in [1.807, 2.05) is 25.2 Å². The van der Waals surface area contributed by atoms with E-state index in [1.165, 1.54) is 24.0 Å². The van der Waals surface area contributed by atoms with Gasteiger partial charge in [-0.1, -0.05) is 24.8 Å². The van der Waals surface area contributed by atoms with E-state index in [0.29, 0.717) is 18.7 Å². The molecule has 0 unspecified atom stereocenters. The number of fused-ring (bicyclic) bond motifs is 1. The average Bonchev–Trinajstić information content (AvgIpc) is 3.08. The molecule has 0 amide bonds. The monoisotopic (exact) mass is 442 g/mol. The lowest BCUT2D eigenvalue weighted by Gasteiger charge is -2.17. The molecule has 0 N–H and O–H groups in total. The molecule has 0 bridgehead atoms. The maximum absolute atomic E-state index is 12.5. The van der Waals surface area contributed by atoms with Gasteiger partial charge in [0.2, 0.25) is 10.0 Å². The molecule has 2 aromatic carbocycles. The molecule has 3 aromatic rings. The summed E-state index contributed by atoms with van der Waals surface area (Å²) >= 11 is 0. The standard InChI is InChI=1S/C23H30N4O3S/c1-6-14-30-19-10-8-18(9-11-19)16-26(5)17-23-24-21-15-20(31(28,29)25(3)4)12-13-22(21)27(23)7-2/h6,8-13,15H,1,7,14,16-17H2,2-5H3. The van der Waals surface area contributed by atoms with Crippen LogP contribution in [-0.4, -0.2) is 54.9 Å². The topological polar surface area (TPSA) is 67.7 Å². The van der Waals surface area contributed by atoms with Crippen LogP contribution in [0.25, 0.3) is 11.0 Å². The molecule has 7 nitrogen and oxygen atoms in total. The van der Waals surface area contributed by atoms with Gasteiger partial charge in [0.1, 0.15) is 18.2 Å². The Hall–Kier alpha value is -2.68. The van der Waals surface area contributed by atoms with Crippen molar-refractivity contribution in [2.75, 3.05) is 27.7 Å². The fraction of sp³-hybridized carbons (Fsp3) is 0.348. The maximum Gasteiger partial charge on any atom is 0.242 e. The first-order valence-electron chi connectivity index (χ1n) is 10.2. The quantitative estimate of drug-likeness (QED) is 0.450. The highest BCUT2D eigenvalue weighted by Gasteiger charge is 2.20. The third kappa shape index (κ3) is 5.15. The summed E-state index contributed by atoms with van der Waals surface area (Å²) in [7, 11) is 1.61. The van der Waals surface area contributed by atoms with Crippen LogP contribution in [0.5, 0.6) is 5.75 Å². The molecule has 31 heavy (non-hydrogen) atoms. The van der Waals surface area contributed by atoms with E-state index in [4.69, 9.17) is 9.72 Å². The molecule has 0 fully saturated rings. The number of ether oxygens (including phenoxy) is 1. The van der Waals surface area contributed by atoms with Crippen molar-refractivity contribution in [3.8, 4) is 5.75 Å². The fourth-order valence-electron chi connectivity index (χ4n) is 3.46. The van der Waals surface area contributed by atoms with Crippen LogP contribution in [0.15, 0.2) is 60.0 Å². The smallest absolute Gasteiger partial charge is 0.242 e. The van der Waals surface area contributed by atoms with Gasteiger partial charge >= 0.3 is 0 Å². The van der Waals surface area contributed by atoms with Crippen LogP contribution in [0.3, 0.4) is 0 Å². The second-order valence-electron chi connectivity index (χ2n) is 7.63. The van der Waals surface area contributed by atoms with Gasteiger partial charge in [-0.25, -0.2) is 17.7 Å². The van der Waals surface area contributed by atoms with Gasteiger partial charge in [0.15, 0.2) is 0 Å². The summed E-state index contributed by atoms with van der Waals surface area (Å²) in [5.41, 5.74) is 2.80. The van der Waals surface area contributed by atoms with Crippen LogP contribution in [0.4, 0.5) is 0 Å². The Morgan fingerprint density at radius 2 is 1.81 bits per heavy atom. The number of hydrogen-bond acceptors (Lipinski definition) is 5. The Kier molecular flexibility index (Phi) is 7.15. The van der Waals surface area contributed by atoms with Crippen molar-refractivity contribution in [1.29, 1.82) is 0 Å². The minimum Gasteiger partial charge on any atom is -0.490 e. The summed E-state index contributed by atoms with van der Waals surface area (Å²) in [5.74, 6) is 1.73. The molecule has 1 heterocycles. The third-order valence-corrected chi connectivity index (χ3v) is 6.86. The van der Waals surface area contributed by atoms with E-state index in [0.717, 1.165) is 30.2 Å². The van der Waals surface area contributed by atoms with Gasteiger partial charge in [-0.3, -0.25) is 4.90 Å². The minimum absolute atomic E-state index is 0.254. The maximum atomic E-state index is 12.5. The second-order valence-corrected chi connectivity index (χ2v) is 9.78. The molecule has 3 rings (SSSR count). The van der Waals surface area contributed by atoms with Crippen molar-refractivity contribution in [1.82, 2.24) is 18.8 Å². The Morgan fingerprint density at radius 3 is 2.42 bits per heavy atom. The Labute approximate surface area is 184 Å². The molecular formula is C23H30N4O3S. The summed E-state index contributed by atoms with van der Waals surface area (Å²) in [6.45, 7) is 8.38. The van der Waals surface area contributed by atoms with Crippen molar-refractivity contribution in [3.63, 3.8) is 0 Å². The van der Waals surface area contributed by atoms with Crippen LogP contribution in [0.1, 0.15) is 18.3 Å². The van der Waals surface area contributed by atoms with Crippen LogP contribution in [0.2, 0.25) is 0 Å². The first-order chi connectivity index (χ1) is 14.8. The normalized spacial score (nSPS) is 12.1. The predicted molar refractivity (Wildman–Crippen MR) is 124 cm³/mol. The molecule has 0 radical (unpaired) electrons. The van der Waals surface area contributed by atoms with E-state index in [2.05, 4.69) is 35.1 Å². The number of aryl methyl sites for hydroxylation is 1. The Bertz CT molecular complexity index is 1150. The van der Waals surface area contributed by atoms with Crippen molar-refractivity contribution in [2.24, 2.45) is 0 Å². The van der Waals surface area contributed by atoms with Gasteiger partial charge in [0, 0.05) is 27.2 Å². The largest absolute Gasteiger partial charge is 0.490 e. The number of nitrogens with zero attached hydrogens (tertiary/aromatic N) is 4. The number of imidazole rings is 1. The highest BCUT2D eigenvalue weighted by molar-refractivity contribution is 7.89. The zero-order valence-corrected chi connectivity index (χ0v) is 19.4. The lowest BCUT2D eigenvalue weighted by atomic mass is 10.2. The lowest BCUT2D eigenvalue weighted by molar-refractivity contribution is 0.306. The molecule has 0 aliphatic heterocycles. The molecule has 0 aliphatic rings. The number of aromatic nitrogens is 2. The van der Waals surface area contributed by atoms with Crippen LogP contribution in [0, 0.1) is 0 Å². The molecule has 8 heteroatoms. The highest BCUT2D eigenvalue weighted by Crippen LogP contribution is 2.23. The number of benzene rings is 2. The number of sulfonamides is 1. The zero-order chi connectivity index (χ0) is 22.6. The molecule has 0 aliphatic carbocycles. The first-order valence-corrected chi connectivity index (χ1v) is 11.6. The SMILES string of the molecule is C=CCOc1ccc(CN(C)Cc2nc3cc(S(=O)(=O)N(C)C)ccc3n2CC)cc1. The molecule has 0 saturated heterocycles.